The van der Waals surface area contributed by atoms with Gasteiger partial charge in [-0.1, -0.05) is 6.07 Å². The Balaban J connectivity index is 1.36. The van der Waals surface area contributed by atoms with Crippen molar-refractivity contribution in [1.82, 2.24) is 24.5 Å². The molecule has 1 saturated heterocycles. The van der Waals surface area contributed by atoms with Crippen LogP contribution in [0.15, 0.2) is 53.4 Å². The molecule has 0 bridgehead atoms. The van der Waals surface area contributed by atoms with Crippen molar-refractivity contribution in [2.24, 2.45) is 0 Å². The second-order valence-electron chi connectivity index (χ2n) is 7.18. The summed E-state index contributed by atoms with van der Waals surface area (Å²) in [5.41, 5.74) is 3.17. The first-order valence-corrected chi connectivity index (χ1v) is 10.5. The van der Waals surface area contributed by atoms with E-state index in [0.29, 0.717) is 12.1 Å². The molecule has 0 saturated carbocycles. The molecule has 1 amide bonds. The predicted octanol–water partition coefficient (Wildman–Crippen LogP) is 4.08. The molecule has 1 aromatic carbocycles. The van der Waals surface area contributed by atoms with E-state index < -0.39 is 0 Å². The minimum atomic E-state index is -0.141. The number of hydrogen-bond acceptors (Lipinski definition) is 4. The molecule has 0 aliphatic carbocycles. The van der Waals surface area contributed by atoms with Crippen LogP contribution < -0.4 is 5.32 Å². The van der Waals surface area contributed by atoms with Gasteiger partial charge in [0.1, 0.15) is 5.65 Å². The van der Waals surface area contributed by atoms with Crippen LogP contribution in [0, 0.1) is 0 Å². The van der Waals surface area contributed by atoms with Gasteiger partial charge in [-0.3, -0.25) is 4.79 Å². The number of halogens is 1. The van der Waals surface area contributed by atoms with Gasteiger partial charge in [0.2, 0.25) is 0 Å². The number of aromatic nitrogens is 4. The highest BCUT2D eigenvalue weighted by Crippen LogP contribution is 2.27. The third kappa shape index (κ3) is 3.54. The number of nitrogens with zero attached hydrogens (tertiary/aromatic N) is 4. The van der Waals surface area contributed by atoms with Crippen molar-refractivity contribution in [3.8, 4) is 0 Å². The molecule has 1 atom stereocenters. The Morgan fingerprint density at radius 2 is 2.17 bits per heavy atom. The fourth-order valence-electron chi connectivity index (χ4n) is 3.78. The van der Waals surface area contributed by atoms with Crippen molar-refractivity contribution in [3.05, 3.63) is 64.7 Å². The Morgan fingerprint density at radius 1 is 1.24 bits per heavy atom. The summed E-state index contributed by atoms with van der Waals surface area (Å²) in [4.78, 5) is 17.4. The molecule has 1 fully saturated rings. The lowest BCUT2D eigenvalue weighted by molar-refractivity contribution is -0.0366. The lowest BCUT2D eigenvalue weighted by atomic mass is 10.1. The Morgan fingerprint density at radius 3 is 3.03 bits per heavy atom. The van der Waals surface area contributed by atoms with E-state index in [1.165, 1.54) is 0 Å². The molecule has 148 valence electrons. The normalized spacial score (nSPS) is 17.1. The minimum Gasteiger partial charge on any atom is -0.356 e. The summed E-state index contributed by atoms with van der Waals surface area (Å²) in [5.74, 6) is -0.141. The molecule has 4 heterocycles. The standard InChI is InChI=1S/C21H20BrN5O2/c22-14-7-8-19-25-15(13-26(19)12-14)10-23-21(28)16-4-3-5-18-17(16)11-24-27(18)20-6-1-2-9-29-20/h3-5,7-8,11-13,20H,1-2,6,9-10H2,(H,23,28). The Hall–Kier alpha value is -2.71. The van der Waals surface area contributed by atoms with Crippen molar-refractivity contribution < 1.29 is 9.53 Å². The van der Waals surface area contributed by atoms with E-state index >= 15 is 0 Å². The number of benzene rings is 1. The van der Waals surface area contributed by atoms with E-state index in [0.717, 1.165) is 52.6 Å². The maximum atomic E-state index is 12.9. The lowest BCUT2D eigenvalue weighted by Gasteiger charge is -2.23. The highest BCUT2D eigenvalue weighted by atomic mass is 79.9. The number of fused-ring (bicyclic) bond motifs is 2. The molecule has 7 nitrogen and oxygen atoms in total. The molecule has 0 spiro atoms. The quantitative estimate of drug-likeness (QED) is 0.505. The Bertz CT molecular complexity index is 1190. The number of amides is 1. The van der Waals surface area contributed by atoms with E-state index in [2.05, 4.69) is 31.3 Å². The largest absolute Gasteiger partial charge is 0.356 e. The first-order chi connectivity index (χ1) is 14.2. The zero-order valence-corrected chi connectivity index (χ0v) is 17.3. The minimum absolute atomic E-state index is 0.0585. The summed E-state index contributed by atoms with van der Waals surface area (Å²) in [6.45, 7) is 1.11. The van der Waals surface area contributed by atoms with Gasteiger partial charge in [0.25, 0.3) is 5.91 Å². The molecule has 3 aromatic heterocycles. The second kappa shape index (κ2) is 7.61. The van der Waals surface area contributed by atoms with Gasteiger partial charge in [-0.25, -0.2) is 9.67 Å². The van der Waals surface area contributed by atoms with Crippen molar-refractivity contribution >= 4 is 38.4 Å². The Kier molecular flexibility index (Phi) is 4.81. The summed E-state index contributed by atoms with van der Waals surface area (Å²) < 4.78 is 10.7. The van der Waals surface area contributed by atoms with Crippen LogP contribution in [-0.2, 0) is 11.3 Å². The first-order valence-electron chi connectivity index (χ1n) is 9.68. The number of ether oxygens (including phenoxy) is 1. The van der Waals surface area contributed by atoms with Gasteiger partial charge < -0.3 is 14.5 Å². The van der Waals surface area contributed by atoms with Crippen LogP contribution in [0.5, 0.6) is 0 Å². The molecular formula is C21H20BrN5O2. The van der Waals surface area contributed by atoms with Gasteiger partial charge in [-0.15, -0.1) is 0 Å². The SMILES string of the molecule is O=C(NCc1cn2cc(Br)ccc2n1)c1cccc2c1cnn2C1CCCCO1. The van der Waals surface area contributed by atoms with E-state index in [-0.39, 0.29) is 12.1 Å². The molecule has 4 aromatic rings. The number of rotatable bonds is 4. The fourth-order valence-corrected chi connectivity index (χ4v) is 4.14. The van der Waals surface area contributed by atoms with E-state index in [1.807, 2.05) is 51.8 Å². The van der Waals surface area contributed by atoms with Crippen LogP contribution in [0.1, 0.15) is 41.5 Å². The van der Waals surface area contributed by atoms with Crippen molar-refractivity contribution in [2.75, 3.05) is 6.61 Å². The molecule has 5 rings (SSSR count). The third-order valence-corrected chi connectivity index (χ3v) is 5.68. The van der Waals surface area contributed by atoms with Crippen LogP contribution in [0.2, 0.25) is 0 Å². The van der Waals surface area contributed by atoms with E-state index in [9.17, 15) is 4.79 Å². The van der Waals surface area contributed by atoms with Crippen LogP contribution >= 0.6 is 15.9 Å². The topological polar surface area (TPSA) is 73.5 Å². The van der Waals surface area contributed by atoms with Gasteiger partial charge in [-0.2, -0.15) is 5.10 Å². The van der Waals surface area contributed by atoms with Gasteiger partial charge in [0.15, 0.2) is 6.23 Å². The van der Waals surface area contributed by atoms with E-state index in [4.69, 9.17) is 4.74 Å². The molecule has 1 unspecified atom stereocenters. The molecule has 1 aliphatic rings. The first kappa shape index (κ1) is 18.3. The summed E-state index contributed by atoms with van der Waals surface area (Å²) >= 11 is 3.45. The molecule has 1 N–H and O–H groups in total. The number of carbonyl (C=O) groups is 1. The summed E-state index contributed by atoms with van der Waals surface area (Å²) in [5, 5.41) is 8.32. The van der Waals surface area contributed by atoms with Crippen LogP contribution in [-0.4, -0.2) is 31.7 Å². The molecule has 29 heavy (non-hydrogen) atoms. The van der Waals surface area contributed by atoms with Crippen LogP contribution in [0.25, 0.3) is 16.6 Å². The van der Waals surface area contributed by atoms with Crippen LogP contribution in [0.3, 0.4) is 0 Å². The maximum absolute atomic E-state index is 12.9. The number of carbonyl (C=O) groups excluding carboxylic acids is 1. The smallest absolute Gasteiger partial charge is 0.252 e. The summed E-state index contributed by atoms with van der Waals surface area (Å²) in [7, 11) is 0. The zero-order valence-electron chi connectivity index (χ0n) is 15.7. The molecule has 0 radical (unpaired) electrons. The number of nitrogens with one attached hydrogen (secondary N) is 1. The highest BCUT2D eigenvalue weighted by Gasteiger charge is 2.20. The van der Waals surface area contributed by atoms with Crippen LogP contribution in [0.4, 0.5) is 0 Å². The zero-order chi connectivity index (χ0) is 19.8. The highest BCUT2D eigenvalue weighted by molar-refractivity contribution is 9.10. The lowest BCUT2D eigenvalue weighted by Crippen LogP contribution is -2.23. The predicted molar refractivity (Wildman–Crippen MR) is 113 cm³/mol. The number of imidazole rings is 1. The number of hydrogen-bond donors (Lipinski definition) is 1. The van der Waals surface area contributed by atoms with Crippen molar-refractivity contribution in [3.63, 3.8) is 0 Å². The maximum Gasteiger partial charge on any atom is 0.252 e. The second-order valence-corrected chi connectivity index (χ2v) is 8.09. The summed E-state index contributed by atoms with van der Waals surface area (Å²) in [6, 6.07) is 9.57. The fraction of sp³-hybridized carbons (Fsp3) is 0.286. The number of pyridine rings is 1. The summed E-state index contributed by atoms with van der Waals surface area (Å²) in [6.07, 6.45) is 8.71. The van der Waals surface area contributed by atoms with Crippen molar-refractivity contribution in [2.45, 2.75) is 32.0 Å². The molecular weight excluding hydrogens is 434 g/mol. The van der Waals surface area contributed by atoms with Gasteiger partial charge in [0.05, 0.1) is 29.5 Å². The van der Waals surface area contributed by atoms with E-state index in [1.54, 1.807) is 6.20 Å². The third-order valence-electron chi connectivity index (χ3n) is 5.21. The van der Waals surface area contributed by atoms with Crippen molar-refractivity contribution in [1.29, 1.82) is 0 Å². The molecule has 1 aliphatic heterocycles. The average Bonchev–Trinajstić information content (AvgIpc) is 3.36. The van der Waals surface area contributed by atoms with Gasteiger partial charge in [0, 0.05) is 28.9 Å². The van der Waals surface area contributed by atoms with Gasteiger partial charge in [-0.05, 0) is 59.5 Å². The molecule has 8 heteroatoms. The average molecular weight is 454 g/mol. The Labute approximate surface area is 175 Å². The van der Waals surface area contributed by atoms with Gasteiger partial charge >= 0.3 is 0 Å². The monoisotopic (exact) mass is 453 g/mol.